The third-order valence-electron chi connectivity index (χ3n) is 6.86. The molecule has 0 saturated heterocycles. The number of methoxy groups -OCH3 is 3. The van der Waals surface area contributed by atoms with Crippen molar-refractivity contribution in [3.05, 3.63) is 76.9 Å². The zero-order valence-corrected chi connectivity index (χ0v) is 21.8. The van der Waals surface area contributed by atoms with E-state index in [1.807, 2.05) is 42.5 Å². The fourth-order valence-electron chi connectivity index (χ4n) is 5.21. The molecule has 0 aromatic heterocycles. The summed E-state index contributed by atoms with van der Waals surface area (Å²) >= 11 is 0. The van der Waals surface area contributed by atoms with Gasteiger partial charge < -0.3 is 28.4 Å². The Hall–Kier alpha value is -3.77. The van der Waals surface area contributed by atoms with Crippen LogP contribution in [-0.4, -0.2) is 46.7 Å². The van der Waals surface area contributed by atoms with Gasteiger partial charge in [0.2, 0.25) is 6.79 Å². The van der Waals surface area contributed by atoms with E-state index < -0.39 is 17.8 Å². The second-order valence-corrected chi connectivity index (χ2v) is 9.44. The molecule has 0 amide bonds. The van der Waals surface area contributed by atoms with Gasteiger partial charge in [0.15, 0.2) is 18.1 Å². The standard InChI is InChI=1S/C28H27O8P/c1-31-16-5-7-19(22(11-16)34-13-24(29)32-2)26-20-12-17(37)6-8-18(20)25(27(26)28(30)33-3)15-4-9-21-23(10-15)36-14-35-21/h4-12,25-27H,13-14,37H2,1-3H3/t25-,26+,27+/m0/s1. The minimum absolute atomic E-state index is 0.159. The molecule has 1 aliphatic carbocycles. The summed E-state index contributed by atoms with van der Waals surface area (Å²) in [5.74, 6) is 0.0710. The van der Waals surface area contributed by atoms with Gasteiger partial charge in [-0.15, -0.1) is 9.24 Å². The molecule has 0 bridgehead atoms. The van der Waals surface area contributed by atoms with Crippen LogP contribution in [0.25, 0.3) is 0 Å². The minimum Gasteiger partial charge on any atom is -0.497 e. The molecule has 9 heteroatoms. The highest BCUT2D eigenvalue weighted by Gasteiger charge is 2.48. The molecule has 0 fully saturated rings. The summed E-state index contributed by atoms with van der Waals surface area (Å²) in [5.41, 5.74) is 3.62. The first-order valence-corrected chi connectivity index (χ1v) is 12.3. The van der Waals surface area contributed by atoms with Crippen molar-refractivity contribution < 1.29 is 38.0 Å². The van der Waals surface area contributed by atoms with Crippen molar-refractivity contribution in [2.45, 2.75) is 11.8 Å². The second-order valence-electron chi connectivity index (χ2n) is 8.77. The maximum Gasteiger partial charge on any atom is 0.343 e. The zero-order valence-electron chi connectivity index (χ0n) is 20.7. The first-order valence-electron chi connectivity index (χ1n) is 11.7. The molecule has 2 aliphatic rings. The number of hydrogen-bond acceptors (Lipinski definition) is 8. The van der Waals surface area contributed by atoms with E-state index in [0.717, 1.165) is 27.6 Å². The summed E-state index contributed by atoms with van der Waals surface area (Å²) in [6, 6.07) is 17.2. The van der Waals surface area contributed by atoms with Crippen LogP contribution in [0.2, 0.25) is 0 Å². The number of esters is 2. The second kappa shape index (κ2) is 10.3. The molecule has 8 nitrogen and oxygen atoms in total. The Morgan fingerprint density at radius 1 is 0.865 bits per heavy atom. The average Bonchev–Trinajstić information content (AvgIpc) is 3.52. The number of fused-ring (bicyclic) bond motifs is 2. The molecule has 0 spiro atoms. The first-order chi connectivity index (χ1) is 17.9. The van der Waals surface area contributed by atoms with E-state index >= 15 is 0 Å². The molecule has 5 rings (SSSR count). The van der Waals surface area contributed by atoms with Gasteiger partial charge in [-0.3, -0.25) is 4.79 Å². The maximum atomic E-state index is 13.5. The zero-order chi connectivity index (χ0) is 26.1. The van der Waals surface area contributed by atoms with E-state index in [4.69, 9.17) is 28.4 Å². The minimum atomic E-state index is -0.610. The molecule has 192 valence electrons. The molecule has 4 atom stereocenters. The summed E-state index contributed by atoms with van der Waals surface area (Å²) in [4.78, 5) is 25.4. The number of carbonyl (C=O) groups excluding carboxylic acids is 2. The lowest BCUT2D eigenvalue weighted by molar-refractivity contribution is -0.146. The van der Waals surface area contributed by atoms with E-state index in [9.17, 15) is 9.59 Å². The van der Waals surface area contributed by atoms with Crippen LogP contribution in [0.3, 0.4) is 0 Å². The number of hydrogen-bond donors (Lipinski definition) is 0. The highest BCUT2D eigenvalue weighted by Crippen LogP contribution is 2.55. The fourth-order valence-corrected chi connectivity index (χ4v) is 5.48. The van der Waals surface area contributed by atoms with E-state index in [1.54, 1.807) is 13.2 Å². The largest absolute Gasteiger partial charge is 0.497 e. The van der Waals surface area contributed by atoms with Crippen LogP contribution in [-0.2, 0) is 19.1 Å². The van der Waals surface area contributed by atoms with Gasteiger partial charge in [-0.2, -0.15) is 0 Å². The Morgan fingerprint density at radius 2 is 1.65 bits per heavy atom. The van der Waals surface area contributed by atoms with Gasteiger partial charge in [-0.05, 0) is 40.2 Å². The molecule has 0 radical (unpaired) electrons. The first kappa shape index (κ1) is 24.9. The SMILES string of the molecule is COC(=O)COc1cc(OC)ccc1[C@@H]1c2cc(P)ccc2[C@H](c2ccc3c(c2)OCO3)[C@H]1C(=O)OC. The van der Waals surface area contributed by atoms with Crippen LogP contribution in [0.5, 0.6) is 23.0 Å². The van der Waals surface area contributed by atoms with Gasteiger partial charge in [-0.1, -0.05) is 30.3 Å². The predicted molar refractivity (Wildman–Crippen MR) is 138 cm³/mol. The van der Waals surface area contributed by atoms with Crippen LogP contribution in [0.15, 0.2) is 54.6 Å². The van der Waals surface area contributed by atoms with Crippen molar-refractivity contribution >= 4 is 26.5 Å². The van der Waals surface area contributed by atoms with E-state index in [2.05, 4.69) is 15.3 Å². The molecule has 3 aromatic carbocycles. The van der Waals surface area contributed by atoms with Crippen LogP contribution in [0, 0.1) is 5.92 Å². The summed E-state index contributed by atoms with van der Waals surface area (Å²) < 4.78 is 32.5. The van der Waals surface area contributed by atoms with E-state index in [0.29, 0.717) is 23.0 Å². The van der Waals surface area contributed by atoms with Gasteiger partial charge in [0, 0.05) is 23.5 Å². The van der Waals surface area contributed by atoms with Gasteiger partial charge in [0.05, 0.1) is 27.2 Å². The molecule has 1 unspecified atom stereocenters. The van der Waals surface area contributed by atoms with Crippen LogP contribution >= 0.6 is 9.24 Å². The van der Waals surface area contributed by atoms with E-state index in [-0.39, 0.29) is 25.3 Å². The Labute approximate surface area is 217 Å². The van der Waals surface area contributed by atoms with Crippen molar-refractivity contribution in [1.82, 2.24) is 0 Å². The van der Waals surface area contributed by atoms with Gasteiger partial charge >= 0.3 is 11.9 Å². The van der Waals surface area contributed by atoms with Gasteiger partial charge in [0.1, 0.15) is 11.5 Å². The fraction of sp³-hybridized carbons (Fsp3) is 0.286. The van der Waals surface area contributed by atoms with Crippen molar-refractivity contribution in [2.75, 3.05) is 34.7 Å². The summed E-state index contributed by atoms with van der Waals surface area (Å²) in [6.07, 6.45) is 0. The predicted octanol–water partition coefficient (Wildman–Crippen LogP) is 3.54. The molecule has 1 heterocycles. The smallest absolute Gasteiger partial charge is 0.343 e. The molecular weight excluding hydrogens is 495 g/mol. The number of benzene rings is 3. The molecule has 0 N–H and O–H groups in total. The van der Waals surface area contributed by atoms with Crippen LogP contribution in [0.4, 0.5) is 0 Å². The summed E-state index contributed by atoms with van der Waals surface area (Å²) in [6.45, 7) is -0.124. The molecule has 1 aliphatic heterocycles. The Bertz CT molecular complexity index is 1350. The van der Waals surface area contributed by atoms with Gasteiger partial charge in [0.25, 0.3) is 0 Å². The van der Waals surface area contributed by atoms with Crippen molar-refractivity contribution in [3.63, 3.8) is 0 Å². The van der Waals surface area contributed by atoms with Crippen LogP contribution < -0.4 is 24.3 Å². The quantitative estimate of drug-likeness (QED) is 0.344. The van der Waals surface area contributed by atoms with Gasteiger partial charge in [-0.25, -0.2) is 4.79 Å². The van der Waals surface area contributed by atoms with E-state index in [1.165, 1.54) is 14.2 Å². The Morgan fingerprint density at radius 3 is 2.41 bits per heavy atom. The number of ether oxygens (including phenoxy) is 6. The monoisotopic (exact) mass is 522 g/mol. The highest BCUT2D eigenvalue weighted by atomic mass is 31.0. The molecular formula is C28H27O8P. The lowest BCUT2D eigenvalue weighted by Gasteiger charge is -2.26. The summed E-state index contributed by atoms with van der Waals surface area (Å²) in [5, 5.41) is 0.976. The highest BCUT2D eigenvalue weighted by molar-refractivity contribution is 7.27. The Balaban J connectivity index is 1.68. The third kappa shape index (κ3) is 4.58. The lowest BCUT2D eigenvalue weighted by Crippen LogP contribution is -2.26. The van der Waals surface area contributed by atoms with Crippen molar-refractivity contribution in [1.29, 1.82) is 0 Å². The van der Waals surface area contributed by atoms with Crippen molar-refractivity contribution in [2.24, 2.45) is 5.92 Å². The normalized spacial score (nSPS) is 19.2. The van der Waals surface area contributed by atoms with Crippen molar-refractivity contribution in [3.8, 4) is 23.0 Å². The number of rotatable bonds is 7. The third-order valence-corrected chi connectivity index (χ3v) is 7.22. The topological polar surface area (TPSA) is 89.5 Å². The average molecular weight is 522 g/mol. The molecule has 3 aromatic rings. The number of carbonyl (C=O) groups is 2. The lowest BCUT2D eigenvalue weighted by atomic mass is 9.79. The maximum absolute atomic E-state index is 13.5. The molecule has 0 saturated carbocycles. The summed E-state index contributed by atoms with van der Waals surface area (Å²) in [7, 11) is 6.96. The molecule has 37 heavy (non-hydrogen) atoms. The Kier molecular flexibility index (Phi) is 6.94. The van der Waals surface area contributed by atoms with Crippen LogP contribution in [0.1, 0.15) is 34.1 Å².